The van der Waals surface area contributed by atoms with E-state index in [1.807, 2.05) is 32.0 Å². The van der Waals surface area contributed by atoms with Crippen LogP contribution in [0.15, 0.2) is 18.2 Å². The minimum atomic E-state index is -0.618. The van der Waals surface area contributed by atoms with Gasteiger partial charge in [-0.25, -0.2) is 0 Å². The standard InChI is InChI=1S/C16H24N4O2/c1-12-3-4-14(13(2)11-12)19-16(22)15(21)18-7-10-20-8-5-17-6-9-20/h3-4,11,17H,5-10H2,1-2H3,(H,18,21)(H,19,22). The molecule has 0 radical (unpaired) electrons. The lowest BCUT2D eigenvalue weighted by Gasteiger charge is -2.26. The molecule has 1 fully saturated rings. The van der Waals surface area contributed by atoms with Crippen molar-refractivity contribution in [1.82, 2.24) is 15.5 Å². The van der Waals surface area contributed by atoms with E-state index in [1.54, 1.807) is 0 Å². The Hall–Kier alpha value is -1.92. The van der Waals surface area contributed by atoms with E-state index >= 15 is 0 Å². The van der Waals surface area contributed by atoms with E-state index < -0.39 is 11.8 Å². The maximum Gasteiger partial charge on any atom is 0.313 e. The Balaban J connectivity index is 1.75. The molecular weight excluding hydrogens is 280 g/mol. The number of amides is 2. The normalized spacial score (nSPS) is 15.4. The predicted octanol–water partition coefficient (Wildman–Crippen LogP) is 0.263. The fourth-order valence-corrected chi connectivity index (χ4v) is 2.48. The highest BCUT2D eigenvalue weighted by molar-refractivity contribution is 6.39. The molecule has 6 nitrogen and oxygen atoms in total. The molecular formula is C16H24N4O2. The highest BCUT2D eigenvalue weighted by atomic mass is 16.2. The number of carbonyl (C=O) groups excluding carboxylic acids is 2. The van der Waals surface area contributed by atoms with Gasteiger partial charge >= 0.3 is 11.8 Å². The predicted molar refractivity (Wildman–Crippen MR) is 86.9 cm³/mol. The molecule has 3 N–H and O–H groups in total. The Labute approximate surface area is 131 Å². The van der Waals surface area contributed by atoms with Gasteiger partial charge in [0.15, 0.2) is 0 Å². The van der Waals surface area contributed by atoms with Crippen LogP contribution in [0, 0.1) is 13.8 Å². The van der Waals surface area contributed by atoms with Gasteiger partial charge in [-0.2, -0.15) is 0 Å². The molecule has 0 aromatic heterocycles. The third kappa shape index (κ3) is 4.82. The van der Waals surface area contributed by atoms with Gasteiger partial charge in [0.2, 0.25) is 0 Å². The zero-order valence-corrected chi connectivity index (χ0v) is 13.2. The molecule has 0 atom stereocenters. The number of benzene rings is 1. The lowest BCUT2D eigenvalue weighted by atomic mass is 10.1. The van der Waals surface area contributed by atoms with Gasteiger partial charge < -0.3 is 16.0 Å². The first kappa shape index (κ1) is 16.5. The number of nitrogens with one attached hydrogen (secondary N) is 3. The molecule has 0 bridgehead atoms. The second-order valence-corrected chi connectivity index (χ2v) is 5.62. The smallest absolute Gasteiger partial charge is 0.313 e. The molecule has 1 heterocycles. The summed E-state index contributed by atoms with van der Waals surface area (Å²) < 4.78 is 0. The molecule has 1 aromatic carbocycles. The highest BCUT2D eigenvalue weighted by Crippen LogP contribution is 2.15. The van der Waals surface area contributed by atoms with E-state index in [-0.39, 0.29) is 0 Å². The Morgan fingerprint density at radius 1 is 1.18 bits per heavy atom. The lowest BCUT2D eigenvalue weighted by Crippen LogP contribution is -2.47. The molecule has 120 valence electrons. The Kier molecular flexibility index (Phi) is 5.91. The Morgan fingerprint density at radius 3 is 2.59 bits per heavy atom. The minimum absolute atomic E-state index is 0.485. The Morgan fingerprint density at radius 2 is 1.91 bits per heavy atom. The second kappa shape index (κ2) is 7.91. The van der Waals surface area contributed by atoms with Crippen LogP contribution < -0.4 is 16.0 Å². The molecule has 0 spiro atoms. The van der Waals surface area contributed by atoms with Crippen molar-refractivity contribution in [3.8, 4) is 0 Å². The molecule has 0 unspecified atom stereocenters. The number of aryl methyl sites for hydroxylation is 2. The maximum atomic E-state index is 11.9. The summed E-state index contributed by atoms with van der Waals surface area (Å²) in [6.07, 6.45) is 0. The summed E-state index contributed by atoms with van der Waals surface area (Å²) >= 11 is 0. The van der Waals surface area contributed by atoms with Crippen LogP contribution in [0.3, 0.4) is 0 Å². The average Bonchev–Trinajstić information content (AvgIpc) is 2.51. The van der Waals surface area contributed by atoms with Crippen molar-refractivity contribution in [3.05, 3.63) is 29.3 Å². The van der Waals surface area contributed by atoms with Gasteiger partial charge in [-0.3, -0.25) is 14.5 Å². The molecule has 1 saturated heterocycles. The third-order valence-corrected chi connectivity index (χ3v) is 3.76. The molecule has 6 heteroatoms. The highest BCUT2D eigenvalue weighted by Gasteiger charge is 2.15. The van der Waals surface area contributed by atoms with Crippen molar-refractivity contribution < 1.29 is 9.59 Å². The van der Waals surface area contributed by atoms with Crippen LogP contribution in [-0.4, -0.2) is 56.0 Å². The number of hydrogen-bond donors (Lipinski definition) is 3. The van der Waals surface area contributed by atoms with E-state index in [4.69, 9.17) is 0 Å². The minimum Gasteiger partial charge on any atom is -0.347 e. The quantitative estimate of drug-likeness (QED) is 0.698. The number of hydrogen-bond acceptors (Lipinski definition) is 4. The summed E-state index contributed by atoms with van der Waals surface area (Å²) in [7, 11) is 0. The first-order chi connectivity index (χ1) is 10.6. The summed E-state index contributed by atoms with van der Waals surface area (Å²) in [5, 5.41) is 8.59. The van der Waals surface area contributed by atoms with Crippen LogP contribution in [-0.2, 0) is 9.59 Å². The van der Waals surface area contributed by atoms with Gasteiger partial charge in [0.25, 0.3) is 0 Å². The van der Waals surface area contributed by atoms with Crippen LogP contribution >= 0.6 is 0 Å². The van der Waals surface area contributed by atoms with Gasteiger partial charge in [0.1, 0.15) is 0 Å². The van der Waals surface area contributed by atoms with E-state index in [9.17, 15) is 9.59 Å². The number of nitrogens with zero attached hydrogens (tertiary/aromatic N) is 1. The summed E-state index contributed by atoms with van der Waals surface area (Å²) in [6.45, 7) is 9.05. The zero-order valence-electron chi connectivity index (χ0n) is 13.2. The van der Waals surface area contributed by atoms with Crippen molar-refractivity contribution in [1.29, 1.82) is 0 Å². The van der Waals surface area contributed by atoms with E-state index in [2.05, 4.69) is 20.9 Å². The van der Waals surface area contributed by atoms with Gasteiger partial charge in [0.05, 0.1) is 0 Å². The number of piperazine rings is 1. The fraction of sp³-hybridized carbons (Fsp3) is 0.500. The van der Waals surface area contributed by atoms with Gasteiger partial charge in [-0.05, 0) is 25.5 Å². The van der Waals surface area contributed by atoms with Gasteiger partial charge in [-0.1, -0.05) is 17.7 Å². The molecule has 1 aromatic rings. The van der Waals surface area contributed by atoms with E-state index in [0.29, 0.717) is 12.2 Å². The van der Waals surface area contributed by atoms with Gasteiger partial charge in [-0.15, -0.1) is 0 Å². The van der Waals surface area contributed by atoms with Crippen molar-refractivity contribution in [2.75, 3.05) is 44.6 Å². The average molecular weight is 304 g/mol. The van der Waals surface area contributed by atoms with E-state index in [1.165, 1.54) is 0 Å². The molecule has 0 saturated carbocycles. The first-order valence-corrected chi connectivity index (χ1v) is 7.66. The fourth-order valence-electron chi connectivity index (χ4n) is 2.48. The molecule has 2 amide bonds. The Bertz CT molecular complexity index is 539. The SMILES string of the molecule is Cc1ccc(NC(=O)C(=O)NCCN2CCNCC2)c(C)c1. The zero-order chi connectivity index (χ0) is 15.9. The van der Waals surface area contributed by atoms with Crippen molar-refractivity contribution >= 4 is 17.5 Å². The van der Waals surface area contributed by atoms with E-state index in [0.717, 1.165) is 43.9 Å². The lowest BCUT2D eigenvalue weighted by molar-refractivity contribution is -0.136. The monoisotopic (exact) mass is 304 g/mol. The number of rotatable bonds is 4. The number of anilines is 1. The van der Waals surface area contributed by atoms with Crippen LogP contribution in [0.5, 0.6) is 0 Å². The van der Waals surface area contributed by atoms with Crippen LogP contribution in [0.1, 0.15) is 11.1 Å². The summed E-state index contributed by atoms with van der Waals surface area (Å²) in [5.41, 5.74) is 2.74. The molecule has 1 aliphatic heterocycles. The van der Waals surface area contributed by atoms with Crippen LogP contribution in [0.25, 0.3) is 0 Å². The topological polar surface area (TPSA) is 73.5 Å². The molecule has 22 heavy (non-hydrogen) atoms. The summed E-state index contributed by atoms with van der Waals surface area (Å²) in [4.78, 5) is 26.0. The number of carbonyl (C=O) groups is 2. The summed E-state index contributed by atoms with van der Waals surface area (Å²) in [6, 6.07) is 5.69. The maximum absolute atomic E-state index is 11.9. The van der Waals surface area contributed by atoms with Crippen LogP contribution in [0.4, 0.5) is 5.69 Å². The molecule has 1 aliphatic rings. The van der Waals surface area contributed by atoms with Crippen LogP contribution in [0.2, 0.25) is 0 Å². The largest absolute Gasteiger partial charge is 0.347 e. The molecule has 2 rings (SSSR count). The van der Waals surface area contributed by atoms with Crippen molar-refractivity contribution in [2.45, 2.75) is 13.8 Å². The van der Waals surface area contributed by atoms with Gasteiger partial charge in [0, 0.05) is 45.0 Å². The first-order valence-electron chi connectivity index (χ1n) is 7.66. The van der Waals surface area contributed by atoms with Crippen molar-refractivity contribution in [3.63, 3.8) is 0 Å². The van der Waals surface area contributed by atoms with Crippen molar-refractivity contribution in [2.24, 2.45) is 0 Å². The third-order valence-electron chi connectivity index (χ3n) is 3.76. The second-order valence-electron chi connectivity index (χ2n) is 5.62. The molecule has 0 aliphatic carbocycles. The summed E-state index contributed by atoms with van der Waals surface area (Å²) in [5.74, 6) is -1.21.